The van der Waals surface area contributed by atoms with Gasteiger partial charge in [0.1, 0.15) is 0 Å². The summed E-state index contributed by atoms with van der Waals surface area (Å²) in [7, 11) is 0. The summed E-state index contributed by atoms with van der Waals surface area (Å²) in [5.41, 5.74) is 5.50. The molecule has 0 saturated carbocycles. The van der Waals surface area contributed by atoms with Crippen molar-refractivity contribution in [1.82, 2.24) is 0 Å². The summed E-state index contributed by atoms with van der Waals surface area (Å²) < 4.78 is 0. The van der Waals surface area contributed by atoms with E-state index in [0.717, 1.165) is 0 Å². The Labute approximate surface area is 268 Å². The van der Waals surface area contributed by atoms with Gasteiger partial charge in [-0.3, -0.25) is 0 Å². The van der Waals surface area contributed by atoms with Crippen LogP contribution in [0.4, 0.5) is 0 Å². The molecule has 0 heterocycles. The largest absolute Gasteiger partial charge is 0.0616 e. The summed E-state index contributed by atoms with van der Waals surface area (Å²) >= 11 is 0. The van der Waals surface area contributed by atoms with Crippen molar-refractivity contribution in [3.63, 3.8) is 0 Å². The molecule has 0 heteroatoms. The van der Waals surface area contributed by atoms with Gasteiger partial charge in [-0.25, -0.2) is 0 Å². The molecule has 0 unspecified atom stereocenters. The smallest absolute Gasteiger partial charge is 0.00264 e. The van der Waals surface area contributed by atoms with Gasteiger partial charge in [-0.05, 0) is 86.9 Å². The lowest BCUT2D eigenvalue weighted by atomic mass is 9.95. The predicted molar refractivity (Wildman–Crippen MR) is 200 cm³/mol. The highest BCUT2D eigenvalue weighted by atomic mass is 14.2. The second-order valence-electron chi connectivity index (χ2n) is 12.1. The quantitative estimate of drug-likeness (QED) is 0.156. The molecule has 1 aliphatic carbocycles. The van der Waals surface area contributed by atoms with Crippen LogP contribution in [0, 0.1) is 0 Å². The molecule has 10 aromatic rings. The normalized spacial score (nSPS) is 11.5. The van der Waals surface area contributed by atoms with Crippen LogP contribution < -0.4 is 0 Å². The zero-order valence-electron chi connectivity index (χ0n) is 25.3. The Morgan fingerprint density at radius 3 is 0.891 bits per heavy atom. The van der Waals surface area contributed by atoms with Gasteiger partial charge in [0.2, 0.25) is 0 Å². The van der Waals surface area contributed by atoms with E-state index in [1.54, 1.807) is 0 Å². The van der Waals surface area contributed by atoms with Crippen molar-refractivity contribution in [2.45, 2.75) is 0 Å². The van der Waals surface area contributed by atoms with Crippen LogP contribution >= 0.6 is 0 Å². The molecule has 0 radical (unpaired) electrons. The monoisotopic (exact) mass is 582 g/mol. The molecule has 0 N–H and O–H groups in total. The van der Waals surface area contributed by atoms with Crippen LogP contribution in [-0.2, 0) is 0 Å². The molecular weight excluding hydrogens is 553 g/mol. The van der Waals surface area contributed by atoms with Crippen molar-refractivity contribution < 1.29 is 0 Å². The van der Waals surface area contributed by atoms with Crippen molar-refractivity contribution in [1.29, 1.82) is 0 Å². The van der Waals surface area contributed by atoms with Gasteiger partial charge in [0.15, 0.2) is 0 Å². The van der Waals surface area contributed by atoms with Crippen LogP contribution in [0.1, 0.15) is 0 Å². The van der Waals surface area contributed by atoms with Gasteiger partial charge in [0.05, 0.1) is 0 Å². The molecule has 0 nitrogen and oxygen atoms in total. The first-order valence-corrected chi connectivity index (χ1v) is 15.9. The summed E-state index contributed by atoms with van der Waals surface area (Å²) in [4.78, 5) is 0. The Morgan fingerprint density at radius 2 is 0.457 bits per heavy atom. The standard InChI is InChI=1S/2C16H10.C14H10/c1-3-11-7-9-13-5-2-6-14-10-8-12(4-1)15(11)16(13)14;1-2-8-13-12(7-1)14-9-3-5-11-6-4-10-15(13)16(11)14;1-3-7-13-11(5-1)9-10-12-6-2-4-8-14(12)13/h2*1-10H;1-10H. The molecule has 11 rings (SSSR count). The maximum absolute atomic E-state index is 2.22. The summed E-state index contributed by atoms with van der Waals surface area (Å²) in [5, 5.41) is 16.2. The SMILES string of the molecule is c1cc2ccc3cccc4ccc(c1)c2c34.c1ccc2c(c1)-c1cccc3cccc-2c13.c1ccc2c(c1)ccc1ccccc12. The van der Waals surface area contributed by atoms with E-state index in [0.29, 0.717) is 0 Å². The highest BCUT2D eigenvalue weighted by molar-refractivity contribution is 6.23. The van der Waals surface area contributed by atoms with E-state index in [9.17, 15) is 0 Å². The van der Waals surface area contributed by atoms with Crippen LogP contribution in [0.3, 0.4) is 0 Å². The third kappa shape index (κ3) is 4.30. The van der Waals surface area contributed by atoms with Crippen LogP contribution in [0.5, 0.6) is 0 Å². The van der Waals surface area contributed by atoms with Crippen LogP contribution in [0.15, 0.2) is 182 Å². The van der Waals surface area contributed by atoms with E-state index in [1.807, 2.05) is 0 Å². The second kappa shape index (κ2) is 10.9. The van der Waals surface area contributed by atoms with Gasteiger partial charge >= 0.3 is 0 Å². The number of benzene rings is 10. The summed E-state index contributed by atoms with van der Waals surface area (Å²) in [5.74, 6) is 0. The molecule has 0 saturated heterocycles. The topological polar surface area (TPSA) is 0 Å². The average molecular weight is 583 g/mol. The highest BCUT2D eigenvalue weighted by Crippen LogP contribution is 2.46. The average Bonchev–Trinajstić information content (AvgIpc) is 3.46. The Bertz CT molecular complexity index is 2450. The Balaban J connectivity index is 0.0000000954. The van der Waals surface area contributed by atoms with Crippen molar-refractivity contribution >= 4 is 64.6 Å². The fourth-order valence-electron chi connectivity index (χ4n) is 7.37. The number of hydrogen-bond donors (Lipinski definition) is 0. The first-order valence-electron chi connectivity index (χ1n) is 15.9. The molecule has 214 valence electrons. The molecule has 0 aliphatic heterocycles. The van der Waals surface area contributed by atoms with Gasteiger partial charge in [0, 0.05) is 0 Å². The molecule has 0 fully saturated rings. The third-order valence-corrected chi connectivity index (χ3v) is 9.46. The summed E-state index contributed by atoms with van der Waals surface area (Å²) in [6, 6.07) is 65.0. The Hall–Kier alpha value is -5.98. The molecule has 1 aliphatic rings. The first-order chi connectivity index (χ1) is 22.8. The van der Waals surface area contributed by atoms with Crippen LogP contribution in [-0.4, -0.2) is 0 Å². The van der Waals surface area contributed by atoms with Crippen molar-refractivity contribution in [3.8, 4) is 22.3 Å². The van der Waals surface area contributed by atoms with Gasteiger partial charge in [-0.2, -0.15) is 0 Å². The van der Waals surface area contributed by atoms with E-state index >= 15 is 0 Å². The van der Waals surface area contributed by atoms with Gasteiger partial charge in [-0.1, -0.05) is 182 Å². The molecule has 0 spiro atoms. The van der Waals surface area contributed by atoms with E-state index in [1.165, 1.54) is 86.9 Å². The minimum Gasteiger partial charge on any atom is -0.0616 e. The molecule has 0 amide bonds. The lowest BCUT2D eigenvalue weighted by Crippen LogP contribution is -1.82. The molecular formula is C46H30. The van der Waals surface area contributed by atoms with Crippen molar-refractivity contribution in [2.75, 3.05) is 0 Å². The van der Waals surface area contributed by atoms with Gasteiger partial charge in [-0.15, -0.1) is 0 Å². The number of rotatable bonds is 0. The molecule has 0 aromatic heterocycles. The number of fused-ring (bicyclic) bond motifs is 6. The summed E-state index contributed by atoms with van der Waals surface area (Å²) in [6.07, 6.45) is 0. The maximum Gasteiger partial charge on any atom is -0.00264 e. The summed E-state index contributed by atoms with van der Waals surface area (Å²) in [6.45, 7) is 0. The zero-order chi connectivity index (χ0) is 30.5. The van der Waals surface area contributed by atoms with E-state index < -0.39 is 0 Å². The fraction of sp³-hybridized carbons (Fsp3) is 0. The van der Waals surface area contributed by atoms with Gasteiger partial charge < -0.3 is 0 Å². The second-order valence-corrected chi connectivity index (χ2v) is 12.1. The lowest BCUT2D eigenvalue weighted by Gasteiger charge is -2.09. The minimum absolute atomic E-state index is 1.31. The molecule has 0 atom stereocenters. The number of hydrogen-bond acceptors (Lipinski definition) is 0. The van der Waals surface area contributed by atoms with Crippen molar-refractivity contribution in [2.24, 2.45) is 0 Å². The molecule has 10 aromatic carbocycles. The van der Waals surface area contributed by atoms with E-state index in [2.05, 4.69) is 182 Å². The van der Waals surface area contributed by atoms with Crippen LogP contribution in [0.2, 0.25) is 0 Å². The van der Waals surface area contributed by atoms with Crippen molar-refractivity contribution in [3.05, 3.63) is 182 Å². The third-order valence-electron chi connectivity index (χ3n) is 9.46. The zero-order valence-corrected chi connectivity index (χ0v) is 25.3. The maximum atomic E-state index is 2.22. The Kier molecular flexibility index (Phi) is 6.25. The molecule has 46 heavy (non-hydrogen) atoms. The lowest BCUT2D eigenvalue weighted by molar-refractivity contribution is 1.70. The van der Waals surface area contributed by atoms with Crippen LogP contribution in [0.25, 0.3) is 86.9 Å². The minimum atomic E-state index is 1.31. The highest BCUT2D eigenvalue weighted by Gasteiger charge is 2.19. The van der Waals surface area contributed by atoms with E-state index in [-0.39, 0.29) is 0 Å². The van der Waals surface area contributed by atoms with E-state index in [4.69, 9.17) is 0 Å². The fourth-order valence-corrected chi connectivity index (χ4v) is 7.37. The first kappa shape index (κ1) is 26.4. The Morgan fingerprint density at radius 1 is 0.174 bits per heavy atom. The predicted octanol–water partition coefficient (Wildman–Crippen LogP) is 13.1. The van der Waals surface area contributed by atoms with Gasteiger partial charge in [0.25, 0.3) is 0 Å². The molecule has 0 bridgehead atoms.